The van der Waals surface area contributed by atoms with Crippen LogP contribution in [0.1, 0.15) is 40.5 Å². The Morgan fingerprint density at radius 1 is 1.03 bits per heavy atom. The largest absolute Gasteiger partial charge is 0.390 e. The predicted octanol–water partition coefficient (Wildman–Crippen LogP) is -0.353. The van der Waals surface area contributed by atoms with Crippen LogP contribution in [-0.2, 0) is 19.2 Å². The second-order valence-electron chi connectivity index (χ2n) is 8.83. The Morgan fingerprint density at radius 2 is 1.64 bits per heavy atom. The van der Waals surface area contributed by atoms with Gasteiger partial charge in [0.05, 0.1) is 12.2 Å². The zero-order valence-electron chi connectivity index (χ0n) is 20.3. The number of carbonyl (C=O) groups is 4. The maximum Gasteiger partial charge on any atom is 0.247 e. The third-order valence-electron chi connectivity index (χ3n) is 5.96. The Balaban J connectivity index is 2.97. The van der Waals surface area contributed by atoms with Crippen LogP contribution in [0.4, 0.5) is 0 Å². The lowest BCUT2D eigenvalue weighted by Gasteiger charge is -2.37. The first kappa shape index (κ1) is 28.3. The molecule has 10 nitrogen and oxygen atoms in total. The van der Waals surface area contributed by atoms with Crippen LogP contribution in [0.15, 0.2) is 24.3 Å². The lowest BCUT2D eigenvalue weighted by Crippen LogP contribution is -2.57. The molecule has 33 heavy (non-hydrogen) atoms. The molecule has 1 heterocycles. The molecule has 0 radical (unpaired) electrons. The summed E-state index contributed by atoms with van der Waals surface area (Å²) in [5.41, 5.74) is 5.32. The Kier molecular flexibility index (Phi) is 10.7. The number of carbonyl (C=O) groups excluding carboxylic acids is 4. The Labute approximate surface area is 195 Å². The molecule has 5 unspecified atom stereocenters. The topological polar surface area (TPSA) is 144 Å². The summed E-state index contributed by atoms with van der Waals surface area (Å²) >= 11 is 0. The van der Waals surface area contributed by atoms with Gasteiger partial charge in [-0.1, -0.05) is 32.1 Å². The Morgan fingerprint density at radius 3 is 2.15 bits per heavy atom. The van der Waals surface area contributed by atoms with Gasteiger partial charge in [0.1, 0.15) is 18.1 Å². The average Bonchev–Trinajstić information content (AvgIpc) is 3.24. The lowest BCUT2D eigenvalue weighted by atomic mass is 9.99. The molecule has 1 aliphatic heterocycles. The van der Waals surface area contributed by atoms with Crippen molar-refractivity contribution in [1.29, 1.82) is 0 Å². The van der Waals surface area contributed by atoms with E-state index in [4.69, 9.17) is 5.73 Å². The molecule has 186 valence electrons. The van der Waals surface area contributed by atoms with Crippen molar-refractivity contribution in [2.24, 2.45) is 11.7 Å². The van der Waals surface area contributed by atoms with Gasteiger partial charge in [-0.25, -0.2) is 0 Å². The van der Waals surface area contributed by atoms with Crippen LogP contribution in [0.25, 0.3) is 0 Å². The van der Waals surface area contributed by atoms with Gasteiger partial charge in [0.25, 0.3) is 0 Å². The Bertz CT molecular complexity index is 779. The number of likely N-dealkylation sites (tertiary alicyclic amines) is 1. The summed E-state index contributed by atoms with van der Waals surface area (Å²) in [6, 6.07) is -2.34. The molecule has 0 aliphatic carbocycles. The zero-order valence-corrected chi connectivity index (χ0v) is 20.3. The van der Waals surface area contributed by atoms with E-state index in [2.05, 4.69) is 0 Å². The minimum Gasteiger partial charge on any atom is -0.390 e. The number of allylic oxidation sites excluding steroid dienone is 2. The fraction of sp³-hybridized carbons (Fsp3) is 0.652. The highest BCUT2D eigenvalue weighted by Gasteiger charge is 2.40. The van der Waals surface area contributed by atoms with Gasteiger partial charge in [-0.2, -0.15) is 0 Å². The average molecular weight is 467 g/mol. The molecule has 0 bridgehead atoms. The van der Waals surface area contributed by atoms with Gasteiger partial charge in [0.15, 0.2) is 0 Å². The Hall–Kier alpha value is -2.72. The number of nitrogens with zero attached hydrogens (tertiary/aromatic N) is 3. The second-order valence-corrected chi connectivity index (χ2v) is 8.83. The highest BCUT2D eigenvalue weighted by Crippen LogP contribution is 2.23. The second kappa shape index (κ2) is 12.5. The molecule has 1 aliphatic rings. The third-order valence-corrected chi connectivity index (χ3v) is 5.96. The molecule has 5 atom stereocenters. The number of aliphatic hydroxyl groups excluding tert-OH is 2. The third kappa shape index (κ3) is 7.40. The highest BCUT2D eigenvalue weighted by molar-refractivity contribution is 5.96. The van der Waals surface area contributed by atoms with Crippen molar-refractivity contribution in [3.05, 3.63) is 24.3 Å². The van der Waals surface area contributed by atoms with E-state index in [0.717, 1.165) is 0 Å². The molecule has 10 heteroatoms. The minimum atomic E-state index is -1.04. The number of hydrogen-bond acceptors (Lipinski definition) is 6. The predicted molar refractivity (Wildman–Crippen MR) is 124 cm³/mol. The number of primary amides is 1. The summed E-state index contributed by atoms with van der Waals surface area (Å²) in [5.74, 6) is -1.98. The summed E-state index contributed by atoms with van der Waals surface area (Å²) in [7, 11) is 3.01. The van der Waals surface area contributed by atoms with Crippen LogP contribution in [0, 0.1) is 5.92 Å². The van der Waals surface area contributed by atoms with Gasteiger partial charge in [-0.05, 0) is 32.6 Å². The first-order valence-electron chi connectivity index (χ1n) is 11.1. The van der Waals surface area contributed by atoms with Crippen LogP contribution in [-0.4, -0.2) is 99.5 Å². The highest BCUT2D eigenvalue weighted by atomic mass is 16.3. The minimum absolute atomic E-state index is 0.232. The van der Waals surface area contributed by atoms with Gasteiger partial charge in [0.2, 0.25) is 23.6 Å². The summed E-state index contributed by atoms with van der Waals surface area (Å²) < 4.78 is 0. The molecule has 0 aromatic heterocycles. The monoisotopic (exact) mass is 466 g/mol. The van der Waals surface area contributed by atoms with Gasteiger partial charge in [-0.3, -0.25) is 19.2 Å². The quantitative estimate of drug-likeness (QED) is 0.296. The molecule has 1 fully saturated rings. The van der Waals surface area contributed by atoms with E-state index in [9.17, 15) is 29.4 Å². The maximum atomic E-state index is 13.3. The number of nitrogens with two attached hydrogens (primary N) is 1. The number of aliphatic hydroxyl groups is 2. The number of hydrogen-bond donors (Lipinski definition) is 3. The zero-order chi connectivity index (χ0) is 25.5. The van der Waals surface area contributed by atoms with E-state index >= 15 is 0 Å². The molecule has 0 saturated carbocycles. The van der Waals surface area contributed by atoms with Gasteiger partial charge < -0.3 is 30.6 Å². The van der Waals surface area contributed by atoms with Crippen molar-refractivity contribution < 1.29 is 29.4 Å². The molecular formula is C23H38N4O6. The van der Waals surface area contributed by atoms with E-state index in [0.29, 0.717) is 19.4 Å². The molecule has 1 saturated heterocycles. The molecule has 1 rings (SSSR count). The maximum absolute atomic E-state index is 13.3. The smallest absolute Gasteiger partial charge is 0.247 e. The summed E-state index contributed by atoms with van der Waals surface area (Å²) in [4.78, 5) is 54.6. The van der Waals surface area contributed by atoms with Gasteiger partial charge in [-0.15, -0.1) is 0 Å². The van der Waals surface area contributed by atoms with Crippen molar-refractivity contribution >= 4 is 23.6 Å². The lowest BCUT2D eigenvalue weighted by molar-refractivity contribution is -0.151. The fourth-order valence-electron chi connectivity index (χ4n) is 3.72. The number of rotatable bonds is 10. The molecule has 0 aromatic carbocycles. The molecule has 4 N–H and O–H groups in total. The standard InChI is InChI=1S/C23H38N4O6/c1-14(2)20(23(33)25(5)15(3)21(24)31)26(6)22(32)17-10-9-13-27(17)19(30)12-8-7-11-18(29)16(4)28/h7-8,11-12,14-18,20,28-29H,9-10,13H2,1-6H3,(H2,24,31). The number of amides is 4. The first-order chi connectivity index (χ1) is 15.3. The molecule has 0 spiro atoms. The number of likely N-dealkylation sites (N-methyl/N-ethyl adjacent to an activating group) is 2. The van der Waals surface area contributed by atoms with E-state index in [1.165, 1.54) is 66.9 Å². The fourth-order valence-corrected chi connectivity index (χ4v) is 3.72. The van der Waals surface area contributed by atoms with Crippen molar-refractivity contribution in [2.75, 3.05) is 20.6 Å². The van der Waals surface area contributed by atoms with Crippen LogP contribution >= 0.6 is 0 Å². The van der Waals surface area contributed by atoms with Crippen molar-refractivity contribution in [1.82, 2.24) is 14.7 Å². The molecule has 4 amide bonds. The van der Waals surface area contributed by atoms with Crippen molar-refractivity contribution in [3.63, 3.8) is 0 Å². The van der Waals surface area contributed by atoms with Crippen LogP contribution in [0.5, 0.6) is 0 Å². The van der Waals surface area contributed by atoms with Crippen LogP contribution in [0.2, 0.25) is 0 Å². The summed E-state index contributed by atoms with van der Waals surface area (Å²) in [6.45, 7) is 7.00. The summed E-state index contributed by atoms with van der Waals surface area (Å²) in [5, 5.41) is 18.8. The van der Waals surface area contributed by atoms with Crippen molar-refractivity contribution in [3.8, 4) is 0 Å². The SMILES string of the molecule is CC(C)C(C(=O)N(C)C(C)C(N)=O)N(C)C(=O)C1CCCN1C(=O)C=CC=CC(O)C(C)O. The van der Waals surface area contributed by atoms with Crippen LogP contribution < -0.4 is 5.73 Å². The van der Waals surface area contributed by atoms with Crippen molar-refractivity contribution in [2.45, 2.75) is 70.9 Å². The van der Waals surface area contributed by atoms with E-state index in [-0.39, 0.29) is 17.7 Å². The molecular weight excluding hydrogens is 428 g/mol. The van der Waals surface area contributed by atoms with E-state index < -0.39 is 42.1 Å². The van der Waals surface area contributed by atoms with Gasteiger partial charge >= 0.3 is 0 Å². The van der Waals surface area contributed by atoms with E-state index in [1.54, 1.807) is 0 Å². The van der Waals surface area contributed by atoms with Gasteiger partial charge in [0, 0.05) is 26.7 Å². The molecule has 0 aromatic rings. The normalized spacial score (nSPS) is 20.2. The van der Waals surface area contributed by atoms with Crippen LogP contribution in [0.3, 0.4) is 0 Å². The summed E-state index contributed by atoms with van der Waals surface area (Å²) in [6.07, 6.45) is 4.71. The first-order valence-corrected chi connectivity index (χ1v) is 11.1. The van der Waals surface area contributed by atoms with E-state index in [1.807, 2.05) is 13.8 Å².